The van der Waals surface area contributed by atoms with Gasteiger partial charge in [0.2, 0.25) is 23.6 Å². The molecule has 1 saturated heterocycles. The number of benzene rings is 2. The van der Waals surface area contributed by atoms with Gasteiger partial charge < -0.3 is 53.1 Å². The number of hydrogen-bond donors (Lipinski definition) is 8. The number of nitrogens with two attached hydrogens (primary N) is 3. The molecule has 4 aliphatic rings. The minimum atomic E-state index is -1.15. The molecular formula is C43H64BClN8O7. The van der Waals surface area contributed by atoms with Gasteiger partial charge in [-0.05, 0) is 138 Å². The van der Waals surface area contributed by atoms with Gasteiger partial charge >= 0.3 is 7.12 Å². The minimum Gasteiger partial charge on any atom is -0.404 e. The van der Waals surface area contributed by atoms with Crippen LogP contribution in [0.25, 0.3) is 11.1 Å². The second kappa shape index (κ2) is 20.7. The van der Waals surface area contributed by atoms with Crippen LogP contribution in [0.2, 0.25) is 5.02 Å². The maximum absolute atomic E-state index is 13.7. The van der Waals surface area contributed by atoms with E-state index in [1.54, 1.807) is 36.4 Å². The fourth-order valence-electron chi connectivity index (χ4n) is 8.91. The van der Waals surface area contributed by atoms with E-state index in [0.717, 1.165) is 24.0 Å². The number of carbonyl (C=O) groups excluding carboxylic acids is 5. The molecule has 3 saturated carbocycles. The molecule has 11 N–H and O–H groups in total. The molecule has 0 spiro atoms. The first-order valence-corrected chi connectivity index (χ1v) is 21.7. The Kier molecular flexibility index (Phi) is 16.2. The Balaban J connectivity index is 1.16. The number of amides is 5. The van der Waals surface area contributed by atoms with Crippen LogP contribution in [-0.4, -0.2) is 98.1 Å². The van der Waals surface area contributed by atoms with Crippen molar-refractivity contribution in [1.29, 1.82) is 0 Å². The molecular weight excluding hydrogens is 787 g/mol. The van der Waals surface area contributed by atoms with Gasteiger partial charge in [0.05, 0.1) is 17.6 Å². The van der Waals surface area contributed by atoms with Crippen molar-refractivity contribution in [3.63, 3.8) is 0 Å². The lowest BCUT2D eigenvalue weighted by molar-refractivity contribution is -0.199. The fraction of sp³-hybridized carbons (Fsp3) is 0.605. The summed E-state index contributed by atoms with van der Waals surface area (Å²) in [5.74, 6) is -2.33. The van der Waals surface area contributed by atoms with Crippen LogP contribution in [0.1, 0.15) is 96.3 Å². The van der Waals surface area contributed by atoms with Gasteiger partial charge in [-0.15, -0.1) is 0 Å². The summed E-state index contributed by atoms with van der Waals surface area (Å²) in [6.45, 7) is 10.6. The highest BCUT2D eigenvalue weighted by Crippen LogP contribution is 2.65. The average Bonchev–Trinajstić information content (AvgIpc) is 3.59. The lowest BCUT2D eigenvalue weighted by Crippen LogP contribution is -2.65. The van der Waals surface area contributed by atoms with Crippen molar-refractivity contribution in [2.45, 2.75) is 128 Å². The Morgan fingerprint density at radius 1 is 0.717 bits per heavy atom. The molecule has 2 bridgehead atoms. The molecule has 1 heterocycles. The predicted octanol–water partition coefficient (Wildman–Crippen LogP) is 2.57. The van der Waals surface area contributed by atoms with Crippen molar-refractivity contribution >= 4 is 48.3 Å². The Morgan fingerprint density at radius 3 is 1.80 bits per heavy atom. The number of unbranched alkanes of at least 4 members (excludes halogenated alkanes) is 2. The van der Waals surface area contributed by atoms with Crippen LogP contribution in [0.3, 0.4) is 0 Å². The smallest absolute Gasteiger partial charge is 0.404 e. The van der Waals surface area contributed by atoms with Crippen LogP contribution in [0.15, 0.2) is 48.5 Å². The van der Waals surface area contributed by atoms with Crippen LogP contribution in [0, 0.1) is 17.3 Å². The van der Waals surface area contributed by atoms with Gasteiger partial charge in [-0.3, -0.25) is 24.0 Å². The van der Waals surface area contributed by atoms with E-state index >= 15 is 0 Å². The Labute approximate surface area is 359 Å². The van der Waals surface area contributed by atoms with E-state index in [1.807, 2.05) is 19.1 Å². The highest BCUT2D eigenvalue weighted by molar-refractivity contribution is 6.47. The van der Waals surface area contributed by atoms with Crippen LogP contribution >= 0.6 is 11.6 Å². The Morgan fingerprint density at radius 2 is 1.25 bits per heavy atom. The SMILES string of the molecule is C[C@H](NC(=O)[C@H](CCCCN)NC(=O)[C@H](C)NC(=O)[C@H](CCCCN)NC(=O)[C@H](CN)NC(=O)c1ccc(-c2ccc(Cl)cc2)cc1)B1OC2C[C@@H]3C[C@@H](C3(C)C)[C@]2(C)O1. The third-order valence-electron chi connectivity index (χ3n) is 12.8. The molecule has 2 aromatic carbocycles. The third-order valence-corrected chi connectivity index (χ3v) is 13.1. The largest absolute Gasteiger partial charge is 0.481 e. The molecule has 6 rings (SSSR count). The number of nitrogens with one attached hydrogen (secondary N) is 5. The number of halogens is 1. The van der Waals surface area contributed by atoms with Crippen molar-refractivity contribution in [1.82, 2.24) is 26.6 Å². The van der Waals surface area contributed by atoms with Crippen molar-refractivity contribution in [2.24, 2.45) is 34.5 Å². The zero-order chi connectivity index (χ0) is 43.8. The molecule has 17 heteroatoms. The van der Waals surface area contributed by atoms with Gasteiger partial charge in [0.25, 0.3) is 5.91 Å². The Bertz CT molecular complexity index is 1820. The molecule has 2 aromatic rings. The minimum absolute atomic E-state index is 0.0445. The monoisotopic (exact) mass is 850 g/mol. The summed E-state index contributed by atoms with van der Waals surface area (Å²) in [6, 6.07) is 9.93. The highest BCUT2D eigenvalue weighted by atomic mass is 35.5. The first-order valence-electron chi connectivity index (χ1n) is 21.3. The summed E-state index contributed by atoms with van der Waals surface area (Å²) in [4.78, 5) is 67.6. The fourth-order valence-corrected chi connectivity index (χ4v) is 9.03. The number of carbonyl (C=O) groups is 5. The summed E-state index contributed by atoms with van der Waals surface area (Å²) in [7, 11) is -0.636. The average molecular weight is 851 g/mol. The zero-order valence-electron chi connectivity index (χ0n) is 35.6. The Hall–Kier alpha value is -4.06. The molecule has 60 heavy (non-hydrogen) atoms. The van der Waals surface area contributed by atoms with Crippen LogP contribution in [-0.2, 0) is 28.5 Å². The summed E-state index contributed by atoms with van der Waals surface area (Å²) in [5, 5.41) is 14.5. The van der Waals surface area contributed by atoms with Crippen molar-refractivity contribution in [3.05, 3.63) is 59.1 Å². The molecule has 5 amide bonds. The molecule has 1 unspecified atom stereocenters. The maximum Gasteiger partial charge on any atom is 0.481 e. The van der Waals surface area contributed by atoms with Gasteiger partial charge in [0, 0.05) is 17.1 Å². The zero-order valence-corrected chi connectivity index (χ0v) is 36.3. The van der Waals surface area contributed by atoms with Crippen molar-refractivity contribution in [3.8, 4) is 11.1 Å². The van der Waals surface area contributed by atoms with E-state index in [4.69, 9.17) is 38.1 Å². The first-order chi connectivity index (χ1) is 28.5. The molecule has 0 radical (unpaired) electrons. The van der Waals surface area contributed by atoms with Crippen molar-refractivity contribution < 1.29 is 33.3 Å². The molecule has 0 aromatic heterocycles. The maximum atomic E-state index is 13.7. The standard InChI is InChI=1S/C43H64BClN8O7/c1-25(37(54)51-33(11-7-9-21-47)40(57)50-26(2)44-59-36-23-30-22-35(42(30,3)4)43(36,5)60-44)49-39(56)32(10-6-8-20-46)52-41(58)34(24-48)53-38(55)29-14-12-27(13-15-29)28-16-18-31(45)19-17-28/h12-19,25-26,30,32-36H,6-11,20-24,46-48H2,1-5H3,(H,49,56)(H,50,57)(H,51,54)(H,52,58)(H,53,55)/t25-,26-,30-,32-,33-,34-,35-,36?,43-/m0/s1. The van der Waals surface area contributed by atoms with Crippen LogP contribution in [0.5, 0.6) is 0 Å². The van der Waals surface area contributed by atoms with Gasteiger partial charge in [0.1, 0.15) is 24.2 Å². The van der Waals surface area contributed by atoms with Crippen LogP contribution < -0.4 is 43.8 Å². The molecule has 9 atom stereocenters. The molecule has 1 aliphatic heterocycles. The summed E-state index contributed by atoms with van der Waals surface area (Å²) in [6.07, 6.45) is 4.85. The van der Waals surface area contributed by atoms with E-state index in [9.17, 15) is 24.0 Å². The summed E-state index contributed by atoms with van der Waals surface area (Å²) < 4.78 is 12.9. The second-order valence-electron chi connectivity index (χ2n) is 17.4. The van der Waals surface area contributed by atoms with E-state index in [0.29, 0.717) is 67.6 Å². The van der Waals surface area contributed by atoms with Gasteiger partial charge in [-0.1, -0.05) is 49.7 Å². The third kappa shape index (κ3) is 11.1. The number of rotatable bonds is 21. The van der Waals surface area contributed by atoms with E-state index in [1.165, 1.54) is 6.92 Å². The van der Waals surface area contributed by atoms with Gasteiger partial charge in [0.15, 0.2) is 0 Å². The van der Waals surface area contributed by atoms with Gasteiger partial charge in [-0.25, -0.2) is 0 Å². The van der Waals surface area contributed by atoms with Crippen molar-refractivity contribution in [2.75, 3.05) is 19.6 Å². The molecule has 15 nitrogen and oxygen atoms in total. The lowest BCUT2D eigenvalue weighted by Gasteiger charge is -2.64. The van der Waals surface area contributed by atoms with Gasteiger partial charge in [-0.2, -0.15) is 0 Å². The molecule has 328 valence electrons. The van der Waals surface area contributed by atoms with Crippen LogP contribution in [0.4, 0.5) is 0 Å². The number of hydrogen-bond acceptors (Lipinski definition) is 10. The predicted molar refractivity (Wildman–Crippen MR) is 232 cm³/mol. The van der Waals surface area contributed by atoms with E-state index in [2.05, 4.69) is 47.4 Å². The van der Waals surface area contributed by atoms with E-state index < -0.39 is 72.4 Å². The normalized spacial score (nSPS) is 23.8. The second-order valence-corrected chi connectivity index (χ2v) is 17.8. The lowest BCUT2D eigenvalue weighted by atomic mass is 9.43. The quantitative estimate of drug-likeness (QED) is 0.0675. The summed E-state index contributed by atoms with van der Waals surface area (Å²) in [5.41, 5.74) is 19.2. The van der Waals surface area contributed by atoms with E-state index in [-0.39, 0.29) is 24.5 Å². The first kappa shape index (κ1) is 47.0. The highest BCUT2D eigenvalue weighted by Gasteiger charge is 2.68. The topological polar surface area (TPSA) is 242 Å². The molecule has 3 aliphatic carbocycles. The molecule has 4 fully saturated rings. The summed E-state index contributed by atoms with van der Waals surface area (Å²) >= 11 is 6.01.